The minimum absolute atomic E-state index is 0.0370. The maximum atomic E-state index is 12.4. The summed E-state index contributed by atoms with van der Waals surface area (Å²) in [5.41, 5.74) is 0.730. The van der Waals surface area contributed by atoms with Crippen molar-refractivity contribution in [3.63, 3.8) is 0 Å². The van der Waals surface area contributed by atoms with E-state index in [1.807, 2.05) is 11.8 Å². The number of rotatable bonds is 8. The maximum Gasteiger partial charge on any atom is 0.422 e. The number of hydrogen-bond acceptors (Lipinski definition) is 4. The molecule has 146 valence electrons. The fourth-order valence-electron chi connectivity index (χ4n) is 3.29. The van der Waals surface area contributed by atoms with Crippen molar-refractivity contribution >= 4 is 5.97 Å². The van der Waals surface area contributed by atoms with Crippen molar-refractivity contribution in [3.05, 3.63) is 29.8 Å². The van der Waals surface area contributed by atoms with Crippen LogP contribution in [-0.4, -0.2) is 65.9 Å². The van der Waals surface area contributed by atoms with Gasteiger partial charge in [-0.2, -0.15) is 13.2 Å². The third-order valence-corrected chi connectivity index (χ3v) is 4.58. The third-order valence-electron chi connectivity index (χ3n) is 4.58. The molecule has 0 aliphatic carbocycles. The number of aliphatic carboxylic acids is 1. The van der Waals surface area contributed by atoms with E-state index in [4.69, 9.17) is 9.84 Å². The maximum absolute atomic E-state index is 12.4. The van der Waals surface area contributed by atoms with Crippen molar-refractivity contribution in [2.45, 2.75) is 38.5 Å². The van der Waals surface area contributed by atoms with Gasteiger partial charge in [0.05, 0.1) is 6.54 Å². The number of ether oxygens (including phenoxy) is 1. The molecule has 1 aliphatic heterocycles. The Morgan fingerprint density at radius 3 is 2.54 bits per heavy atom. The second-order valence-corrected chi connectivity index (χ2v) is 6.48. The van der Waals surface area contributed by atoms with Gasteiger partial charge < -0.3 is 9.84 Å². The highest BCUT2D eigenvalue weighted by Gasteiger charge is 2.29. The van der Waals surface area contributed by atoms with Crippen molar-refractivity contribution in [3.8, 4) is 5.75 Å². The van der Waals surface area contributed by atoms with E-state index >= 15 is 0 Å². The largest absolute Gasteiger partial charge is 0.484 e. The molecule has 0 saturated carbocycles. The lowest BCUT2D eigenvalue weighted by Gasteiger charge is -2.37. The molecule has 1 saturated heterocycles. The summed E-state index contributed by atoms with van der Waals surface area (Å²) in [5.74, 6) is -0.571. The number of carboxylic acid groups (broad SMARTS) is 1. The van der Waals surface area contributed by atoms with Gasteiger partial charge in [-0.25, -0.2) is 0 Å². The molecule has 0 unspecified atom stereocenters. The first-order valence-electron chi connectivity index (χ1n) is 8.74. The molecular formula is C18H25F3N2O3. The monoisotopic (exact) mass is 374 g/mol. The Balaban J connectivity index is 1.90. The quantitative estimate of drug-likeness (QED) is 0.758. The molecule has 1 fully saturated rings. The lowest BCUT2D eigenvalue weighted by molar-refractivity contribution is -0.153. The van der Waals surface area contributed by atoms with Crippen LogP contribution in [0.15, 0.2) is 24.3 Å². The highest BCUT2D eigenvalue weighted by molar-refractivity contribution is 5.69. The first kappa shape index (κ1) is 20.5. The molecule has 0 spiro atoms. The molecule has 1 aliphatic rings. The number of halogens is 3. The van der Waals surface area contributed by atoms with Gasteiger partial charge in [0.15, 0.2) is 6.61 Å². The summed E-state index contributed by atoms with van der Waals surface area (Å²) in [6.07, 6.45) is -2.68. The number of piperidine rings is 1. The van der Waals surface area contributed by atoms with E-state index in [1.54, 1.807) is 24.3 Å². The van der Waals surface area contributed by atoms with Crippen LogP contribution in [0.5, 0.6) is 5.75 Å². The smallest absolute Gasteiger partial charge is 0.422 e. The molecule has 1 N–H and O–H groups in total. The fraction of sp³-hybridized carbons (Fsp3) is 0.611. The molecule has 0 atom stereocenters. The molecule has 0 radical (unpaired) electrons. The lowest BCUT2D eigenvalue weighted by atomic mass is 10.0. The number of carboxylic acids is 1. The van der Waals surface area contributed by atoms with E-state index in [9.17, 15) is 18.0 Å². The van der Waals surface area contributed by atoms with E-state index < -0.39 is 18.8 Å². The van der Waals surface area contributed by atoms with E-state index in [0.29, 0.717) is 13.1 Å². The van der Waals surface area contributed by atoms with Crippen molar-refractivity contribution in [1.29, 1.82) is 0 Å². The second-order valence-electron chi connectivity index (χ2n) is 6.48. The van der Waals surface area contributed by atoms with Gasteiger partial charge in [-0.15, -0.1) is 0 Å². The zero-order valence-electron chi connectivity index (χ0n) is 14.8. The topological polar surface area (TPSA) is 53.0 Å². The summed E-state index contributed by atoms with van der Waals surface area (Å²) in [6.45, 7) is 3.44. The number of benzene rings is 1. The van der Waals surface area contributed by atoms with Crippen LogP contribution < -0.4 is 4.74 Å². The Kier molecular flexibility index (Phi) is 7.28. The lowest BCUT2D eigenvalue weighted by Crippen LogP contribution is -2.46. The minimum Gasteiger partial charge on any atom is -0.484 e. The Hall–Kier alpha value is -1.80. The van der Waals surface area contributed by atoms with Gasteiger partial charge in [-0.3, -0.25) is 14.6 Å². The number of para-hydroxylation sites is 1. The third kappa shape index (κ3) is 6.49. The van der Waals surface area contributed by atoms with Gasteiger partial charge in [0.25, 0.3) is 0 Å². The van der Waals surface area contributed by atoms with Crippen LogP contribution in [0.25, 0.3) is 0 Å². The molecule has 8 heteroatoms. The van der Waals surface area contributed by atoms with Crippen molar-refractivity contribution < 1.29 is 27.8 Å². The van der Waals surface area contributed by atoms with Crippen LogP contribution in [0.4, 0.5) is 13.2 Å². The van der Waals surface area contributed by atoms with Gasteiger partial charge in [0.2, 0.25) is 0 Å². The first-order valence-corrected chi connectivity index (χ1v) is 8.74. The second kappa shape index (κ2) is 9.23. The SMILES string of the molecule is CCN(CC(=O)O)C1CCN(Cc2ccccc2OCC(F)(F)F)CC1. The molecule has 0 amide bonds. The van der Waals surface area contributed by atoms with Gasteiger partial charge in [0, 0.05) is 18.2 Å². The Bertz CT molecular complexity index is 587. The summed E-state index contributed by atoms with van der Waals surface area (Å²) in [6, 6.07) is 7.00. The zero-order valence-corrected chi connectivity index (χ0v) is 14.8. The Morgan fingerprint density at radius 2 is 1.96 bits per heavy atom. The van der Waals surface area contributed by atoms with E-state index in [1.165, 1.54) is 0 Å². The molecule has 26 heavy (non-hydrogen) atoms. The molecular weight excluding hydrogens is 349 g/mol. The normalized spacial score (nSPS) is 16.8. The Morgan fingerprint density at radius 1 is 1.31 bits per heavy atom. The van der Waals surface area contributed by atoms with Gasteiger partial charge in [-0.05, 0) is 38.5 Å². The average Bonchev–Trinajstić information content (AvgIpc) is 2.59. The molecule has 0 aromatic heterocycles. The standard InChI is InChI=1S/C18H25F3N2O3/c1-2-23(12-17(24)25)15-7-9-22(10-8-15)11-14-5-3-4-6-16(14)26-13-18(19,20)21/h3-6,15H,2,7-13H2,1H3,(H,24,25). The highest BCUT2D eigenvalue weighted by atomic mass is 19.4. The Labute approximate surface area is 151 Å². The van der Waals surface area contributed by atoms with Crippen molar-refractivity contribution in [2.75, 3.05) is 32.8 Å². The predicted molar refractivity (Wildman–Crippen MR) is 91.2 cm³/mol. The highest BCUT2D eigenvalue weighted by Crippen LogP contribution is 2.25. The molecule has 1 aromatic rings. The van der Waals surface area contributed by atoms with Crippen LogP contribution in [-0.2, 0) is 11.3 Å². The molecule has 0 bridgehead atoms. The zero-order chi connectivity index (χ0) is 19.2. The predicted octanol–water partition coefficient (Wildman–Crippen LogP) is 3.00. The number of nitrogens with zero attached hydrogens (tertiary/aromatic N) is 2. The summed E-state index contributed by atoms with van der Waals surface area (Å²) in [4.78, 5) is 15.1. The summed E-state index contributed by atoms with van der Waals surface area (Å²) in [7, 11) is 0. The van der Waals surface area contributed by atoms with Crippen LogP contribution in [0.1, 0.15) is 25.3 Å². The number of likely N-dealkylation sites (tertiary alicyclic amines) is 1. The fourth-order valence-corrected chi connectivity index (χ4v) is 3.29. The summed E-state index contributed by atoms with van der Waals surface area (Å²) in [5, 5.41) is 8.98. The van der Waals surface area contributed by atoms with E-state index in [-0.39, 0.29) is 18.3 Å². The summed E-state index contributed by atoms with van der Waals surface area (Å²) < 4.78 is 42.1. The molecule has 1 aromatic carbocycles. The van der Waals surface area contributed by atoms with Crippen LogP contribution >= 0.6 is 0 Å². The van der Waals surface area contributed by atoms with Crippen LogP contribution in [0.2, 0.25) is 0 Å². The van der Waals surface area contributed by atoms with Crippen molar-refractivity contribution in [1.82, 2.24) is 9.80 Å². The first-order chi connectivity index (χ1) is 12.3. The number of alkyl halides is 3. The van der Waals surface area contributed by atoms with Crippen LogP contribution in [0, 0.1) is 0 Å². The van der Waals surface area contributed by atoms with Crippen LogP contribution in [0.3, 0.4) is 0 Å². The molecule has 1 heterocycles. The van der Waals surface area contributed by atoms with Gasteiger partial charge in [0.1, 0.15) is 5.75 Å². The van der Waals surface area contributed by atoms with Crippen molar-refractivity contribution in [2.24, 2.45) is 0 Å². The minimum atomic E-state index is -4.36. The van der Waals surface area contributed by atoms with Gasteiger partial charge in [-0.1, -0.05) is 25.1 Å². The number of likely N-dealkylation sites (N-methyl/N-ethyl adjacent to an activating group) is 1. The molecule has 2 rings (SSSR count). The van der Waals surface area contributed by atoms with E-state index in [0.717, 1.165) is 31.5 Å². The van der Waals surface area contributed by atoms with E-state index in [2.05, 4.69) is 4.90 Å². The summed E-state index contributed by atoms with van der Waals surface area (Å²) >= 11 is 0. The van der Waals surface area contributed by atoms with Gasteiger partial charge >= 0.3 is 12.1 Å². The number of carbonyl (C=O) groups is 1. The molecule has 5 nitrogen and oxygen atoms in total. The average molecular weight is 374 g/mol. The number of hydrogen-bond donors (Lipinski definition) is 1.